The van der Waals surface area contributed by atoms with Crippen molar-refractivity contribution in [1.29, 1.82) is 0 Å². The van der Waals surface area contributed by atoms with Gasteiger partial charge in [0.05, 0.1) is 0 Å². The Balaban J connectivity index is 3.92. The molecule has 0 rings (SSSR count). The van der Waals surface area contributed by atoms with E-state index >= 15 is 0 Å². The van der Waals surface area contributed by atoms with Gasteiger partial charge in [0.1, 0.15) is 0 Å². The summed E-state index contributed by atoms with van der Waals surface area (Å²) in [4.78, 5) is 18.5. The standard InChI is InChI=1S/C5H9NO4S/c6-5(11,4(9)10)2-1-3(7)8/h11H,1-2,6H2,(H,7,8)(H,9,10)/t5-/m1/s1. The highest BCUT2D eigenvalue weighted by atomic mass is 32.1. The highest BCUT2D eigenvalue weighted by Gasteiger charge is 2.29. The Morgan fingerprint density at radius 1 is 1.45 bits per heavy atom. The van der Waals surface area contributed by atoms with Gasteiger partial charge in [0, 0.05) is 6.42 Å². The van der Waals surface area contributed by atoms with E-state index in [4.69, 9.17) is 15.9 Å². The lowest BCUT2D eigenvalue weighted by Gasteiger charge is -2.15. The van der Waals surface area contributed by atoms with Gasteiger partial charge in [-0.25, -0.2) is 4.79 Å². The van der Waals surface area contributed by atoms with Crippen LogP contribution < -0.4 is 5.73 Å². The monoisotopic (exact) mass is 179 g/mol. The molecule has 0 aliphatic carbocycles. The van der Waals surface area contributed by atoms with Crippen LogP contribution in [0.2, 0.25) is 0 Å². The number of rotatable bonds is 4. The third kappa shape index (κ3) is 3.84. The van der Waals surface area contributed by atoms with E-state index in [2.05, 4.69) is 12.6 Å². The van der Waals surface area contributed by atoms with E-state index in [1.165, 1.54) is 0 Å². The van der Waals surface area contributed by atoms with Gasteiger partial charge in [0.15, 0.2) is 4.87 Å². The van der Waals surface area contributed by atoms with Crippen LogP contribution in [-0.2, 0) is 9.59 Å². The number of nitrogens with two attached hydrogens (primary N) is 1. The molecule has 0 spiro atoms. The molecule has 0 aliphatic rings. The minimum absolute atomic E-state index is 0.194. The SMILES string of the molecule is N[C@@](S)(CCC(=O)O)C(=O)O. The zero-order valence-electron chi connectivity index (χ0n) is 5.65. The van der Waals surface area contributed by atoms with Gasteiger partial charge in [-0.05, 0) is 6.42 Å². The molecule has 0 fully saturated rings. The van der Waals surface area contributed by atoms with Crippen LogP contribution in [0.4, 0.5) is 0 Å². The van der Waals surface area contributed by atoms with Crippen molar-refractivity contribution in [2.75, 3.05) is 0 Å². The molecule has 0 aromatic rings. The first-order chi connectivity index (χ1) is 4.86. The van der Waals surface area contributed by atoms with Crippen molar-refractivity contribution in [2.45, 2.75) is 17.7 Å². The van der Waals surface area contributed by atoms with Crippen molar-refractivity contribution in [3.63, 3.8) is 0 Å². The van der Waals surface area contributed by atoms with Crippen molar-refractivity contribution in [2.24, 2.45) is 5.73 Å². The fraction of sp³-hybridized carbons (Fsp3) is 0.600. The number of carboxylic acid groups (broad SMARTS) is 2. The molecule has 5 nitrogen and oxygen atoms in total. The quantitative estimate of drug-likeness (QED) is 0.345. The minimum atomic E-state index is -1.74. The topological polar surface area (TPSA) is 101 Å². The minimum Gasteiger partial charge on any atom is -0.481 e. The van der Waals surface area contributed by atoms with Crippen LogP contribution in [0.3, 0.4) is 0 Å². The second-order valence-corrected chi connectivity index (χ2v) is 2.92. The molecule has 0 bridgehead atoms. The summed E-state index contributed by atoms with van der Waals surface area (Å²) in [6.45, 7) is 0. The number of aliphatic carboxylic acids is 2. The first-order valence-corrected chi connectivity index (χ1v) is 3.27. The number of hydrogen-bond acceptors (Lipinski definition) is 4. The first kappa shape index (κ1) is 10.2. The van der Waals surface area contributed by atoms with E-state index in [-0.39, 0.29) is 12.8 Å². The number of carboxylic acids is 2. The third-order valence-electron chi connectivity index (χ3n) is 1.09. The molecule has 0 unspecified atom stereocenters. The summed E-state index contributed by atoms with van der Waals surface area (Å²) in [5, 5.41) is 16.5. The van der Waals surface area contributed by atoms with Gasteiger partial charge in [0.2, 0.25) is 0 Å². The first-order valence-electron chi connectivity index (χ1n) is 2.82. The summed E-state index contributed by atoms with van der Waals surface area (Å²) in [5.74, 6) is -2.41. The van der Waals surface area contributed by atoms with E-state index in [0.29, 0.717) is 0 Å². The molecule has 0 saturated heterocycles. The molecule has 0 heterocycles. The van der Waals surface area contributed by atoms with E-state index < -0.39 is 16.8 Å². The van der Waals surface area contributed by atoms with Crippen LogP contribution in [0.5, 0.6) is 0 Å². The van der Waals surface area contributed by atoms with E-state index in [1.807, 2.05) is 0 Å². The Bertz CT molecular complexity index is 179. The third-order valence-corrected chi connectivity index (χ3v) is 1.51. The van der Waals surface area contributed by atoms with Gasteiger partial charge < -0.3 is 15.9 Å². The maximum atomic E-state index is 10.2. The van der Waals surface area contributed by atoms with Gasteiger partial charge in [-0.15, -0.1) is 12.6 Å². The molecule has 1 atom stereocenters. The molecular formula is C5H9NO4S. The largest absolute Gasteiger partial charge is 0.481 e. The molecule has 4 N–H and O–H groups in total. The second-order valence-electron chi connectivity index (χ2n) is 2.12. The summed E-state index contributed by atoms with van der Waals surface area (Å²) in [7, 11) is 0. The molecule has 0 amide bonds. The number of carbonyl (C=O) groups is 2. The van der Waals surface area contributed by atoms with Crippen molar-refractivity contribution in [1.82, 2.24) is 0 Å². The average molecular weight is 179 g/mol. The Labute approximate surface area is 68.6 Å². The Morgan fingerprint density at radius 2 is 1.91 bits per heavy atom. The number of thiol groups is 1. The van der Waals surface area contributed by atoms with Crippen molar-refractivity contribution < 1.29 is 19.8 Å². The lowest BCUT2D eigenvalue weighted by Crippen LogP contribution is -2.42. The fourth-order valence-corrected chi connectivity index (χ4v) is 0.516. The van der Waals surface area contributed by atoms with Crippen molar-refractivity contribution >= 4 is 24.6 Å². The average Bonchev–Trinajstić information content (AvgIpc) is 1.84. The predicted molar refractivity (Wildman–Crippen MR) is 40.4 cm³/mol. The fourth-order valence-electron chi connectivity index (χ4n) is 0.404. The summed E-state index contributed by atoms with van der Waals surface area (Å²) < 4.78 is 0. The molecule has 0 aliphatic heterocycles. The summed E-state index contributed by atoms with van der Waals surface area (Å²) >= 11 is 3.57. The lowest BCUT2D eigenvalue weighted by atomic mass is 10.1. The maximum absolute atomic E-state index is 10.2. The molecule has 0 aromatic heterocycles. The second kappa shape index (κ2) is 3.59. The predicted octanol–water partition coefficient (Wildman–Crippen LogP) is -0.479. The Morgan fingerprint density at radius 3 is 2.18 bits per heavy atom. The van der Waals surface area contributed by atoms with E-state index in [9.17, 15) is 9.59 Å². The summed E-state index contributed by atoms with van der Waals surface area (Å²) in [6, 6.07) is 0. The van der Waals surface area contributed by atoms with Crippen LogP contribution in [-0.4, -0.2) is 27.0 Å². The molecule has 11 heavy (non-hydrogen) atoms. The van der Waals surface area contributed by atoms with Crippen LogP contribution in [0, 0.1) is 0 Å². The van der Waals surface area contributed by atoms with Gasteiger partial charge in [-0.2, -0.15) is 0 Å². The lowest BCUT2D eigenvalue weighted by molar-refractivity contribution is -0.141. The summed E-state index contributed by atoms with van der Waals surface area (Å²) in [6.07, 6.45) is -0.493. The number of hydrogen-bond donors (Lipinski definition) is 4. The molecule has 0 saturated carbocycles. The molecular weight excluding hydrogens is 170 g/mol. The van der Waals surface area contributed by atoms with Crippen LogP contribution >= 0.6 is 12.6 Å². The Kier molecular flexibility index (Phi) is 3.34. The molecule has 64 valence electrons. The normalized spacial score (nSPS) is 15.5. The zero-order valence-corrected chi connectivity index (χ0v) is 6.54. The van der Waals surface area contributed by atoms with Crippen LogP contribution in [0.1, 0.15) is 12.8 Å². The van der Waals surface area contributed by atoms with E-state index in [1.54, 1.807) is 0 Å². The highest BCUT2D eigenvalue weighted by molar-refractivity contribution is 7.82. The van der Waals surface area contributed by atoms with Gasteiger partial charge in [-0.3, -0.25) is 4.79 Å². The van der Waals surface area contributed by atoms with Crippen LogP contribution in [0.15, 0.2) is 0 Å². The van der Waals surface area contributed by atoms with Crippen molar-refractivity contribution in [3.05, 3.63) is 0 Å². The van der Waals surface area contributed by atoms with Crippen molar-refractivity contribution in [3.8, 4) is 0 Å². The van der Waals surface area contributed by atoms with Gasteiger partial charge in [0.25, 0.3) is 0 Å². The van der Waals surface area contributed by atoms with Gasteiger partial charge in [-0.1, -0.05) is 0 Å². The zero-order chi connectivity index (χ0) is 9.07. The molecule has 0 aromatic carbocycles. The van der Waals surface area contributed by atoms with E-state index in [0.717, 1.165) is 0 Å². The van der Waals surface area contributed by atoms with Gasteiger partial charge >= 0.3 is 11.9 Å². The highest BCUT2D eigenvalue weighted by Crippen LogP contribution is 2.13. The van der Waals surface area contributed by atoms with Crippen LogP contribution in [0.25, 0.3) is 0 Å². The maximum Gasteiger partial charge on any atom is 0.333 e. The Hall–Kier alpha value is -0.750. The molecule has 6 heteroatoms. The smallest absolute Gasteiger partial charge is 0.333 e. The molecule has 0 radical (unpaired) electrons. The summed E-state index contributed by atoms with van der Waals surface area (Å²) in [5.41, 5.74) is 5.11.